The number of nitrogens with zero attached hydrogens (tertiary/aromatic N) is 3. The van der Waals surface area contributed by atoms with Crippen molar-refractivity contribution in [3.8, 4) is 11.4 Å². The van der Waals surface area contributed by atoms with Gasteiger partial charge in [0, 0.05) is 0 Å². The third kappa shape index (κ3) is 3.74. The summed E-state index contributed by atoms with van der Waals surface area (Å²) in [6.07, 6.45) is -4.25. The highest BCUT2D eigenvalue weighted by Crippen LogP contribution is 2.26. The molecule has 1 aromatic heterocycles. The summed E-state index contributed by atoms with van der Waals surface area (Å²) in [5, 5.41) is 57.3. The van der Waals surface area contributed by atoms with E-state index >= 15 is 0 Å². The Balaban J connectivity index is 1.43. The Morgan fingerprint density at radius 1 is 1.03 bits per heavy atom. The number of hydrogen-bond acceptors (Lipinski definition) is 9. The van der Waals surface area contributed by atoms with Gasteiger partial charge in [-0.1, -0.05) is 18.2 Å². The molecule has 0 saturated heterocycles. The molecular formula is C19H19N3O7. The fourth-order valence-electron chi connectivity index (χ4n) is 2.98. The Labute approximate surface area is 164 Å². The van der Waals surface area contributed by atoms with Crippen molar-refractivity contribution in [2.45, 2.75) is 25.1 Å². The number of phenols is 1. The van der Waals surface area contributed by atoms with Crippen molar-refractivity contribution >= 4 is 11.0 Å². The summed E-state index contributed by atoms with van der Waals surface area (Å²) in [5.41, 5.74) is 2.43. The number of phenolic OH excluding ortho intramolecular Hbond substituents is 1. The van der Waals surface area contributed by atoms with Crippen molar-refractivity contribution in [1.82, 2.24) is 15.0 Å². The molecule has 3 atom stereocenters. The smallest absolute Gasteiger partial charge is 0.218 e. The van der Waals surface area contributed by atoms with E-state index in [4.69, 9.17) is 9.47 Å². The first kappa shape index (κ1) is 19.2. The fourth-order valence-corrected chi connectivity index (χ4v) is 2.98. The maximum absolute atomic E-state index is 10.2. The monoisotopic (exact) mass is 401 g/mol. The second-order valence-corrected chi connectivity index (χ2v) is 6.56. The fraction of sp³-hybridized carbons (Fsp3) is 0.263. The van der Waals surface area contributed by atoms with Gasteiger partial charge in [0.1, 0.15) is 34.7 Å². The molecule has 1 aliphatic heterocycles. The van der Waals surface area contributed by atoms with Gasteiger partial charge in [0.25, 0.3) is 0 Å². The van der Waals surface area contributed by atoms with E-state index in [2.05, 4.69) is 10.2 Å². The summed E-state index contributed by atoms with van der Waals surface area (Å²) in [5.74, 6) is -1.36. The lowest BCUT2D eigenvalue weighted by atomic mass is 10.2. The highest BCUT2D eigenvalue weighted by Gasteiger charge is 2.38. The molecule has 0 bridgehead atoms. The normalized spacial score (nSPS) is 20.5. The molecule has 0 spiro atoms. The van der Waals surface area contributed by atoms with Gasteiger partial charge in [0.05, 0.1) is 13.2 Å². The number of hydrogen-bond donors (Lipinski definition) is 5. The third-order valence-corrected chi connectivity index (χ3v) is 4.49. The highest BCUT2D eigenvalue weighted by molar-refractivity contribution is 5.73. The van der Waals surface area contributed by atoms with Crippen LogP contribution in [0, 0.1) is 0 Å². The van der Waals surface area contributed by atoms with E-state index in [1.165, 1.54) is 10.9 Å². The molecule has 10 nitrogen and oxygen atoms in total. The molecule has 0 fully saturated rings. The molecule has 2 heterocycles. The molecule has 0 aliphatic carbocycles. The van der Waals surface area contributed by atoms with Gasteiger partial charge < -0.3 is 35.0 Å². The molecule has 1 aliphatic rings. The third-order valence-electron chi connectivity index (χ3n) is 4.49. The lowest BCUT2D eigenvalue weighted by Gasteiger charge is -2.18. The molecule has 0 radical (unpaired) electrons. The van der Waals surface area contributed by atoms with Crippen molar-refractivity contribution in [3.05, 3.63) is 59.5 Å². The van der Waals surface area contributed by atoms with Gasteiger partial charge in [0.2, 0.25) is 6.29 Å². The van der Waals surface area contributed by atoms with E-state index < -0.39 is 30.0 Å². The SMILES string of the molecule is OC1=C(O)[C@H](O)OC1[C@H](O)COCc1ccc(O)c(-n2nc3ccccc3n2)c1. The molecule has 3 aromatic rings. The molecular weight excluding hydrogens is 382 g/mol. The van der Waals surface area contributed by atoms with E-state index in [0.29, 0.717) is 22.3 Å². The van der Waals surface area contributed by atoms with Crippen LogP contribution in [0.15, 0.2) is 54.0 Å². The van der Waals surface area contributed by atoms with Crippen LogP contribution in [-0.2, 0) is 16.1 Å². The van der Waals surface area contributed by atoms with Crippen LogP contribution in [0.4, 0.5) is 0 Å². The molecule has 1 unspecified atom stereocenters. The summed E-state index contributed by atoms with van der Waals surface area (Å²) in [7, 11) is 0. The van der Waals surface area contributed by atoms with Gasteiger partial charge >= 0.3 is 0 Å². The van der Waals surface area contributed by atoms with E-state index in [0.717, 1.165) is 0 Å². The van der Waals surface area contributed by atoms with Crippen LogP contribution >= 0.6 is 0 Å². The summed E-state index contributed by atoms with van der Waals surface area (Å²) in [4.78, 5) is 1.33. The second kappa shape index (κ2) is 7.68. The summed E-state index contributed by atoms with van der Waals surface area (Å²) in [6, 6.07) is 12.1. The molecule has 29 heavy (non-hydrogen) atoms. The zero-order valence-electron chi connectivity index (χ0n) is 15.1. The van der Waals surface area contributed by atoms with Gasteiger partial charge in [-0.05, 0) is 29.8 Å². The molecule has 10 heteroatoms. The average molecular weight is 401 g/mol. The van der Waals surface area contributed by atoms with Crippen LogP contribution < -0.4 is 0 Å². The molecule has 0 saturated carbocycles. The lowest BCUT2D eigenvalue weighted by molar-refractivity contribution is -0.139. The molecule has 0 amide bonds. The Morgan fingerprint density at radius 3 is 2.34 bits per heavy atom. The Kier molecular flexibility index (Phi) is 5.07. The number of rotatable bonds is 6. The minimum atomic E-state index is -1.67. The molecule has 2 aromatic carbocycles. The topological polar surface area (TPSA) is 150 Å². The Bertz CT molecular complexity index is 1030. The van der Waals surface area contributed by atoms with Gasteiger partial charge in [-0.2, -0.15) is 0 Å². The van der Waals surface area contributed by atoms with Crippen LogP contribution in [0.3, 0.4) is 0 Å². The van der Waals surface area contributed by atoms with Crippen molar-refractivity contribution < 1.29 is 35.0 Å². The predicted octanol–water partition coefficient (Wildman–Crippen LogP) is 1.05. The van der Waals surface area contributed by atoms with Crippen molar-refractivity contribution in [2.24, 2.45) is 0 Å². The maximum Gasteiger partial charge on any atom is 0.218 e. The van der Waals surface area contributed by atoms with Gasteiger partial charge in [-0.3, -0.25) is 0 Å². The van der Waals surface area contributed by atoms with E-state index in [1.807, 2.05) is 24.3 Å². The first-order chi connectivity index (χ1) is 13.9. The van der Waals surface area contributed by atoms with E-state index in [-0.39, 0.29) is 19.0 Å². The highest BCUT2D eigenvalue weighted by atomic mass is 16.6. The first-order valence-corrected chi connectivity index (χ1v) is 8.79. The predicted molar refractivity (Wildman–Crippen MR) is 99.4 cm³/mol. The zero-order valence-corrected chi connectivity index (χ0v) is 15.1. The molecule has 4 rings (SSSR count). The quantitative estimate of drug-likeness (QED) is 0.408. The number of ether oxygens (including phenoxy) is 2. The second-order valence-electron chi connectivity index (χ2n) is 6.56. The molecule has 5 N–H and O–H groups in total. The number of aliphatic hydroxyl groups is 4. The number of aromatic nitrogens is 3. The largest absolute Gasteiger partial charge is 0.506 e. The minimum Gasteiger partial charge on any atom is -0.506 e. The van der Waals surface area contributed by atoms with Crippen LogP contribution in [0.2, 0.25) is 0 Å². The number of aliphatic hydroxyl groups excluding tert-OH is 4. The minimum absolute atomic E-state index is 0.00651. The van der Waals surface area contributed by atoms with Crippen molar-refractivity contribution in [1.29, 1.82) is 0 Å². The first-order valence-electron chi connectivity index (χ1n) is 8.79. The Hall–Kier alpha value is -3.18. The number of aromatic hydroxyl groups is 1. The summed E-state index contributed by atoms with van der Waals surface area (Å²) < 4.78 is 10.3. The van der Waals surface area contributed by atoms with Crippen molar-refractivity contribution in [2.75, 3.05) is 6.61 Å². The average Bonchev–Trinajstić information content (AvgIpc) is 3.25. The van der Waals surface area contributed by atoms with Gasteiger partial charge in [-0.25, -0.2) is 0 Å². The summed E-state index contributed by atoms with van der Waals surface area (Å²) >= 11 is 0. The Morgan fingerprint density at radius 2 is 1.72 bits per heavy atom. The zero-order chi connectivity index (χ0) is 20.5. The number of benzene rings is 2. The lowest BCUT2D eigenvalue weighted by Crippen LogP contribution is -2.33. The van der Waals surface area contributed by atoms with E-state index in [9.17, 15) is 25.5 Å². The van der Waals surface area contributed by atoms with E-state index in [1.54, 1.807) is 12.1 Å². The number of fused-ring (bicyclic) bond motifs is 1. The van der Waals surface area contributed by atoms with Crippen LogP contribution in [0.1, 0.15) is 5.56 Å². The van der Waals surface area contributed by atoms with Crippen LogP contribution in [0.5, 0.6) is 5.75 Å². The maximum atomic E-state index is 10.2. The van der Waals surface area contributed by atoms with Gasteiger partial charge in [0.15, 0.2) is 11.5 Å². The van der Waals surface area contributed by atoms with Gasteiger partial charge in [-0.15, -0.1) is 15.0 Å². The van der Waals surface area contributed by atoms with Crippen LogP contribution in [-0.4, -0.2) is 65.6 Å². The standard InChI is InChI=1S/C19H19N3O7/c23-14-6-5-10(7-13(14)22-20-11-3-1-2-4-12(11)21-22)8-28-9-15(24)18-16(25)17(26)19(27)29-18/h1-7,15,18-19,23-27H,8-9H2/t15-,18?,19-/m1/s1. The summed E-state index contributed by atoms with van der Waals surface area (Å²) in [6.45, 7) is -0.147. The van der Waals surface area contributed by atoms with Crippen LogP contribution in [0.25, 0.3) is 16.7 Å². The molecule has 152 valence electrons. The van der Waals surface area contributed by atoms with Crippen molar-refractivity contribution in [3.63, 3.8) is 0 Å².